The van der Waals surface area contributed by atoms with E-state index in [1.165, 1.54) is 4.31 Å². The SMILES string of the molecule is C[C@@H](CN)NC(=O)C1CCCN(S(=O)(=O)Cc2ccccc2)C1. The predicted molar refractivity (Wildman–Crippen MR) is 90.0 cm³/mol. The van der Waals surface area contributed by atoms with Crippen molar-refractivity contribution < 1.29 is 13.2 Å². The van der Waals surface area contributed by atoms with E-state index in [4.69, 9.17) is 5.73 Å². The number of piperidine rings is 1. The van der Waals surface area contributed by atoms with Crippen LogP contribution in [0.25, 0.3) is 0 Å². The van der Waals surface area contributed by atoms with E-state index in [-0.39, 0.29) is 30.2 Å². The maximum Gasteiger partial charge on any atom is 0.224 e. The first-order valence-electron chi connectivity index (χ1n) is 7.94. The molecule has 7 heteroatoms. The van der Waals surface area contributed by atoms with E-state index in [9.17, 15) is 13.2 Å². The van der Waals surface area contributed by atoms with E-state index in [1.807, 2.05) is 25.1 Å². The molecule has 1 aromatic rings. The van der Waals surface area contributed by atoms with Crippen LogP contribution in [0, 0.1) is 5.92 Å². The van der Waals surface area contributed by atoms with Crippen molar-refractivity contribution in [3.05, 3.63) is 35.9 Å². The number of hydrogen-bond acceptors (Lipinski definition) is 4. The highest BCUT2D eigenvalue weighted by Crippen LogP contribution is 2.21. The number of carbonyl (C=O) groups excluding carboxylic acids is 1. The fraction of sp³-hybridized carbons (Fsp3) is 0.562. The molecule has 1 aliphatic rings. The molecular formula is C16H25N3O3S. The van der Waals surface area contributed by atoms with Gasteiger partial charge in [-0.3, -0.25) is 4.79 Å². The van der Waals surface area contributed by atoms with Crippen LogP contribution in [0.15, 0.2) is 30.3 Å². The quantitative estimate of drug-likeness (QED) is 0.797. The third-order valence-corrected chi connectivity index (χ3v) is 5.90. The highest BCUT2D eigenvalue weighted by Gasteiger charge is 2.32. The Morgan fingerprint density at radius 3 is 2.74 bits per heavy atom. The zero-order chi connectivity index (χ0) is 16.9. The highest BCUT2D eigenvalue weighted by atomic mass is 32.2. The lowest BCUT2D eigenvalue weighted by Gasteiger charge is -2.31. The molecule has 1 saturated heterocycles. The molecule has 1 aromatic carbocycles. The molecule has 1 fully saturated rings. The van der Waals surface area contributed by atoms with Gasteiger partial charge in [-0.1, -0.05) is 30.3 Å². The van der Waals surface area contributed by atoms with Crippen LogP contribution in [-0.2, 0) is 20.6 Å². The molecule has 2 atom stereocenters. The number of sulfonamides is 1. The van der Waals surface area contributed by atoms with Gasteiger partial charge in [-0.2, -0.15) is 0 Å². The van der Waals surface area contributed by atoms with Gasteiger partial charge in [0.05, 0.1) is 11.7 Å². The van der Waals surface area contributed by atoms with Crippen molar-refractivity contribution in [2.75, 3.05) is 19.6 Å². The minimum Gasteiger partial charge on any atom is -0.352 e. The molecule has 0 saturated carbocycles. The van der Waals surface area contributed by atoms with Gasteiger partial charge in [0, 0.05) is 25.7 Å². The molecule has 0 aromatic heterocycles. The molecular weight excluding hydrogens is 314 g/mol. The third kappa shape index (κ3) is 5.02. The molecule has 0 radical (unpaired) electrons. The van der Waals surface area contributed by atoms with Gasteiger partial charge in [0.2, 0.25) is 15.9 Å². The van der Waals surface area contributed by atoms with Gasteiger partial charge in [0.25, 0.3) is 0 Å². The van der Waals surface area contributed by atoms with Gasteiger partial charge in [-0.05, 0) is 25.3 Å². The molecule has 0 aliphatic carbocycles. The van der Waals surface area contributed by atoms with Gasteiger partial charge in [-0.25, -0.2) is 12.7 Å². The van der Waals surface area contributed by atoms with Gasteiger partial charge in [0.1, 0.15) is 0 Å². The zero-order valence-corrected chi connectivity index (χ0v) is 14.3. The first kappa shape index (κ1) is 17.9. The predicted octanol–water partition coefficient (Wildman–Crippen LogP) is 0.692. The molecule has 23 heavy (non-hydrogen) atoms. The molecule has 0 spiro atoms. The lowest BCUT2D eigenvalue weighted by molar-refractivity contribution is -0.126. The summed E-state index contributed by atoms with van der Waals surface area (Å²) in [5.74, 6) is -0.438. The number of nitrogens with zero attached hydrogens (tertiary/aromatic N) is 1. The Hall–Kier alpha value is -1.44. The van der Waals surface area contributed by atoms with Crippen molar-refractivity contribution in [2.45, 2.75) is 31.6 Å². The second kappa shape index (κ2) is 7.90. The average Bonchev–Trinajstić information content (AvgIpc) is 2.55. The summed E-state index contributed by atoms with van der Waals surface area (Å²) in [6, 6.07) is 9.01. The van der Waals surface area contributed by atoms with Crippen LogP contribution in [0.4, 0.5) is 0 Å². The van der Waals surface area contributed by atoms with Crippen LogP contribution in [-0.4, -0.2) is 44.3 Å². The topological polar surface area (TPSA) is 92.5 Å². The lowest BCUT2D eigenvalue weighted by atomic mass is 9.98. The van der Waals surface area contributed by atoms with Gasteiger partial charge >= 0.3 is 0 Å². The Bertz CT molecular complexity index is 619. The number of hydrogen-bond donors (Lipinski definition) is 2. The molecule has 1 aliphatic heterocycles. The number of carbonyl (C=O) groups is 1. The summed E-state index contributed by atoms with van der Waals surface area (Å²) in [7, 11) is -3.41. The number of benzene rings is 1. The summed E-state index contributed by atoms with van der Waals surface area (Å²) in [6.07, 6.45) is 1.41. The number of rotatable bonds is 6. The molecule has 6 nitrogen and oxygen atoms in total. The van der Waals surface area contributed by atoms with Crippen molar-refractivity contribution >= 4 is 15.9 Å². The maximum atomic E-state index is 12.6. The summed E-state index contributed by atoms with van der Waals surface area (Å²) in [5, 5.41) is 2.84. The minimum absolute atomic E-state index is 0.0264. The van der Waals surface area contributed by atoms with Crippen molar-refractivity contribution in [1.29, 1.82) is 0 Å². The average molecular weight is 339 g/mol. The smallest absolute Gasteiger partial charge is 0.224 e. The van der Waals surface area contributed by atoms with E-state index < -0.39 is 10.0 Å². The third-order valence-electron chi connectivity index (χ3n) is 4.08. The summed E-state index contributed by atoms with van der Waals surface area (Å²) >= 11 is 0. The second-order valence-corrected chi connectivity index (χ2v) is 8.05. The van der Waals surface area contributed by atoms with Gasteiger partial charge in [0.15, 0.2) is 0 Å². The van der Waals surface area contributed by atoms with Crippen LogP contribution in [0.3, 0.4) is 0 Å². The Balaban J connectivity index is 2.01. The summed E-state index contributed by atoms with van der Waals surface area (Å²) < 4.78 is 26.6. The summed E-state index contributed by atoms with van der Waals surface area (Å²) in [5.41, 5.74) is 6.27. The normalized spacial score (nSPS) is 20.9. The maximum absolute atomic E-state index is 12.6. The van der Waals surface area contributed by atoms with Crippen molar-refractivity contribution in [1.82, 2.24) is 9.62 Å². The number of nitrogens with one attached hydrogen (secondary N) is 1. The fourth-order valence-electron chi connectivity index (χ4n) is 2.70. The van der Waals surface area contributed by atoms with E-state index in [1.54, 1.807) is 12.1 Å². The Kier molecular flexibility index (Phi) is 6.15. The molecule has 2 rings (SSSR count). The molecule has 1 amide bonds. The number of nitrogens with two attached hydrogens (primary N) is 1. The van der Waals surface area contributed by atoms with Crippen LogP contribution in [0.1, 0.15) is 25.3 Å². The van der Waals surface area contributed by atoms with E-state index in [2.05, 4.69) is 5.32 Å². The first-order valence-corrected chi connectivity index (χ1v) is 9.55. The summed E-state index contributed by atoms with van der Waals surface area (Å²) in [4.78, 5) is 12.2. The molecule has 3 N–H and O–H groups in total. The lowest BCUT2D eigenvalue weighted by Crippen LogP contribution is -2.48. The molecule has 1 unspecified atom stereocenters. The van der Waals surface area contributed by atoms with Crippen molar-refractivity contribution in [3.63, 3.8) is 0 Å². The fourth-order valence-corrected chi connectivity index (χ4v) is 4.32. The summed E-state index contributed by atoms with van der Waals surface area (Å²) in [6.45, 7) is 2.93. The Morgan fingerprint density at radius 1 is 1.39 bits per heavy atom. The highest BCUT2D eigenvalue weighted by molar-refractivity contribution is 7.88. The number of amides is 1. The van der Waals surface area contributed by atoms with E-state index in [0.29, 0.717) is 25.9 Å². The molecule has 128 valence electrons. The van der Waals surface area contributed by atoms with Crippen LogP contribution < -0.4 is 11.1 Å². The standard InChI is InChI=1S/C16H25N3O3S/c1-13(10-17)18-16(20)15-8-5-9-19(11-15)23(21,22)12-14-6-3-2-4-7-14/h2-4,6-7,13,15H,5,8-12,17H2,1H3,(H,18,20)/t13-,15?/m0/s1. The largest absolute Gasteiger partial charge is 0.352 e. The van der Waals surface area contributed by atoms with Crippen LogP contribution >= 0.6 is 0 Å². The second-order valence-electron chi connectivity index (χ2n) is 6.08. The molecule has 0 bridgehead atoms. The zero-order valence-electron chi connectivity index (χ0n) is 13.4. The van der Waals surface area contributed by atoms with Crippen molar-refractivity contribution in [3.8, 4) is 0 Å². The van der Waals surface area contributed by atoms with E-state index >= 15 is 0 Å². The Morgan fingerprint density at radius 2 is 2.09 bits per heavy atom. The minimum atomic E-state index is -3.41. The van der Waals surface area contributed by atoms with Gasteiger partial charge < -0.3 is 11.1 Å². The van der Waals surface area contributed by atoms with Crippen LogP contribution in [0.2, 0.25) is 0 Å². The van der Waals surface area contributed by atoms with E-state index in [0.717, 1.165) is 5.56 Å². The monoisotopic (exact) mass is 339 g/mol. The molecule has 1 heterocycles. The first-order chi connectivity index (χ1) is 10.9. The van der Waals surface area contributed by atoms with Crippen LogP contribution in [0.5, 0.6) is 0 Å². The van der Waals surface area contributed by atoms with Crippen molar-refractivity contribution in [2.24, 2.45) is 11.7 Å². The Labute approximate surface area is 138 Å². The van der Waals surface area contributed by atoms with Gasteiger partial charge in [-0.15, -0.1) is 0 Å².